The van der Waals surface area contributed by atoms with Crippen LogP contribution in [0.15, 0.2) is 46.0 Å². The number of hydrogen-bond donors (Lipinski definition) is 2. The molecular weight excluding hydrogens is 286 g/mol. The summed E-state index contributed by atoms with van der Waals surface area (Å²) < 4.78 is 5.85. The van der Waals surface area contributed by atoms with E-state index >= 15 is 0 Å². The van der Waals surface area contributed by atoms with Gasteiger partial charge < -0.3 is 9.72 Å². The molecule has 22 heavy (non-hydrogen) atoms. The summed E-state index contributed by atoms with van der Waals surface area (Å²) in [5.74, 6) is -0.472. The fraction of sp³-hybridized carbons (Fsp3) is 0.133. The maximum Gasteiger partial charge on any atom is 0.311 e. The molecule has 2 aromatic heterocycles. The molecule has 0 radical (unpaired) electrons. The molecular formula is C15H13N3O4. The molecule has 0 aliphatic rings. The number of carbonyl (C=O) groups is 1. The van der Waals surface area contributed by atoms with Crippen LogP contribution in [0.3, 0.4) is 0 Å². The van der Waals surface area contributed by atoms with Gasteiger partial charge in [0.15, 0.2) is 5.43 Å². The lowest BCUT2D eigenvalue weighted by molar-refractivity contribution is -0.139. The van der Waals surface area contributed by atoms with Crippen molar-refractivity contribution in [1.29, 1.82) is 0 Å². The summed E-state index contributed by atoms with van der Waals surface area (Å²) in [6, 6.07) is 10.1. The lowest BCUT2D eigenvalue weighted by atomic mass is 10.2. The molecule has 112 valence electrons. The minimum absolute atomic E-state index is 0.0254. The van der Waals surface area contributed by atoms with Gasteiger partial charge in [-0.3, -0.25) is 19.5 Å². The zero-order chi connectivity index (χ0) is 15.7. The van der Waals surface area contributed by atoms with E-state index in [4.69, 9.17) is 0 Å². The molecule has 0 saturated carbocycles. The Hall–Kier alpha value is -3.09. The highest BCUT2D eigenvalue weighted by atomic mass is 16.5. The molecule has 0 unspecified atom stereocenters. The van der Waals surface area contributed by atoms with Gasteiger partial charge in [-0.15, -0.1) is 0 Å². The number of rotatable bonds is 3. The molecule has 7 heteroatoms. The number of benzene rings is 1. The first-order valence-electron chi connectivity index (χ1n) is 6.59. The first-order valence-corrected chi connectivity index (χ1v) is 6.59. The molecule has 0 amide bonds. The van der Waals surface area contributed by atoms with Gasteiger partial charge in [0.2, 0.25) is 0 Å². The van der Waals surface area contributed by atoms with Crippen molar-refractivity contribution in [2.24, 2.45) is 0 Å². The molecule has 2 N–H and O–H groups in total. The van der Waals surface area contributed by atoms with Gasteiger partial charge in [-0.05, 0) is 12.1 Å². The topological polar surface area (TPSA) is 96.9 Å². The number of para-hydroxylation sites is 1. The smallest absolute Gasteiger partial charge is 0.311 e. The third kappa shape index (κ3) is 2.32. The Labute approximate surface area is 124 Å². The van der Waals surface area contributed by atoms with Gasteiger partial charge in [0.05, 0.1) is 19.2 Å². The molecule has 7 nitrogen and oxygen atoms in total. The first-order chi connectivity index (χ1) is 10.6. The van der Waals surface area contributed by atoms with Crippen LogP contribution in [0.5, 0.6) is 0 Å². The Kier molecular flexibility index (Phi) is 3.38. The molecule has 1 aromatic carbocycles. The number of aromatic nitrogens is 3. The monoisotopic (exact) mass is 299 g/mol. The number of ether oxygens (including phenoxy) is 1. The molecule has 0 fully saturated rings. The second kappa shape index (κ2) is 5.36. The quantitative estimate of drug-likeness (QED) is 0.696. The van der Waals surface area contributed by atoms with Gasteiger partial charge in [0.25, 0.3) is 5.56 Å². The van der Waals surface area contributed by atoms with Crippen molar-refractivity contribution < 1.29 is 9.53 Å². The van der Waals surface area contributed by atoms with Crippen molar-refractivity contribution in [3.63, 3.8) is 0 Å². The third-order valence-electron chi connectivity index (χ3n) is 3.30. The van der Waals surface area contributed by atoms with Crippen molar-refractivity contribution in [3.05, 3.63) is 62.7 Å². The first kappa shape index (κ1) is 13.9. The highest BCUT2D eigenvalue weighted by molar-refractivity contribution is 5.76. The lowest BCUT2D eigenvalue weighted by Crippen LogP contribution is -2.18. The second-order valence-electron chi connectivity index (χ2n) is 4.75. The number of carbonyl (C=O) groups excluding carboxylic acids is 1. The number of fused-ring (bicyclic) bond motifs is 1. The van der Waals surface area contributed by atoms with Crippen LogP contribution in [0.1, 0.15) is 5.69 Å². The Morgan fingerprint density at radius 2 is 1.95 bits per heavy atom. The van der Waals surface area contributed by atoms with Crippen molar-refractivity contribution in [3.8, 4) is 5.69 Å². The zero-order valence-corrected chi connectivity index (χ0v) is 11.8. The predicted octanol–water partition coefficient (Wildman–Crippen LogP) is 0.723. The van der Waals surface area contributed by atoms with E-state index in [1.54, 1.807) is 24.3 Å². The van der Waals surface area contributed by atoms with Gasteiger partial charge in [-0.1, -0.05) is 18.2 Å². The highest BCUT2D eigenvalue weighted by Gasteiger charge is 2.14. The zero-order valence-electron chi connectivity index (χ0n) is 11.8. The van der Waals surface area contributed by atoms with Gasteiger partial charge in [0, 0.05) is 11.8 Å². The maximum atomic E-state index is 12.4. The average Bonchev–Trinajstić information content (AvgIpc) is 2.85. The minimum atomic E-state index is -0.472. The molecule has 0 saturated heterocycles. The molecule has 2 heterocycles. The highest BCUT2D eigenvalue weighted by Crippen LogP contribution is 2.07. The van der Waals surface area contributed by atoms with Crippen LogP contribution in [0.4, 0.5) is 0 Å². The minimum Gasteiger partial charge on any atom is -0.469 e. The van der Waals surface area contributed by atoms with Crippen molar-refractivity contribution in [1.82, 2.24) is 14.8 Å². The predicted molar refractivity (Wildman–Crippen MR) is 80.2 cm³/mol. The van der Waals surface area contributed by atoms with Gasteiger partial charge in [0.1, 0.15) is 11.0 Å². The summed E-state index contributed by atoms with van der Waals surface area (Å²) >= 11 is 0. The molecule has 0 spiro atoms. The van der Waals surface area contributed by atoms with E-state index in [9.17, 15) is 14.4 Å². The molecule has 0 bridgehead atoms. The fourth-order valence-electron chi connectivity index (χ4n) is 2.27. The summed E-state index contributed by atoms with van der Waals surface area (Å²) in [6.07, 6.45) is -0.0692. The molecule has 0 aliphatic heterocycles. The number of nitrogens with zero attached hydrogens (tertiary/aromatic N) is 1. The third-order valence-corrected chi connectivity index (χ3v) is 3.30. The van der Waals surface area contributed by atoms with Crippen molar-refractivity contribution in [2.45, 2.75) is 6.42 Å². The largest absolute Gasteiger partial charge is 0.469 e. The van der Waals surface area contributed by atoms with E-state index in [0.29, 0.717) is 11.4 Å². The van der Waals surface area contributed by atoms with Crippen LogP contribution in [0.2, 0.25) is 0 Å². The number of pyridine rings is 1. The number of nitrogens with one attached hydrogen (secondary N) is 2. The fourth-order valence-corrected chi connectivity index (χ4v) is 2.27. The van der Waals surface area contributed by atoms with Crippen LogP contribution in [-0.2, 0) is 16.0 Å². The van der Waals surface area contributed by atoms with E-state index in [2.05, 4.69) is 14.8 Å². The Morgan fingerprint density at radius 3 is 2.64 bits per heavy atom. The summed E-state index contributed by atoms with van der Waals surface area (Å²) in [5.41, 5.74) is 0.396. The van der Waals surface area contributed by atoms with Crippen LogP contribution in [0, 0.1) is 0 Å². The van der Waals surface area contributed by atoms with Crippen LogP contribution < -0.4 is 11.0 Å². The van der Waals surface area contributed by atoms with E-state index in [0.717, 1.165) is 0 Å². The summed E-state index contributed by atoms with van der Waals surface area (Å²) in [5, 5.41) is 2.87. The maximum absolute atomic E-state index is 12.4. The molecule has 3 rings (SSSR count). The second-order valence-corrected chi connectivity index (χ2v) is 4.75. The number of H-pyrrole nitrogens is 2. The summed E-state index contributed by atoms with van der Waals surface area (Å²) in [6.45, 7) is 0. The lowest BCUT2D eigenvalue weighted by Gasteiger charge is -2.00. The summed E-state index contributed by atoms with van der Waals surface area (Å²) in [4.78, 5) is 38.7. The molecule has 0 aliphatic carbocycles. The number of aromatic amines is 2. The van der Waals surface area contributed by atoms with E-state index in [1.165, 1.54) is 17.9 Å². The Bertz CT molecular complexity index is 950. The van der Waals surface area contributed by atoms with E-state index in [1.807, 2.05) is 6.07 Å². The normalized spacial score (nSPS) is 10.8. The van der Waals surface area contributed by atoms with E-state index in [-0.39, 0.29) is 17.5 Å². The standard InChI is InChI=1S/C15H13N3O4/c1-22-12(20)8-9-7-11(19)13-14(16-9)17-18(15(13)21)10-5-3-2-4-6-10/h2-7H,8H2,1H3,(H2,16,17,19). The SMILES string of the molecule is COC(=O)Cc1cc(=O)c2c(=O)n(-c3ccccc3)[nH]c2[nH]1. The Morgan fingerprint density at radius 1 is 1.23 bits per heavy atom. The number of esters is 1. The molecule has 0 atom stereocenters. The number of hydrogen-bond acceptors (Lipinski definition) is 4. The van der Waals surface area contributed by atoms with E-state index < -0.39 is 17.0 Å². The average molecular weight is 299 g/mol. The Balaban J connectivity index is 2.18. The van der Waals surface area contributed by atoms with Gasteiger partial charge >= 0.3 is 5.97 Å². The van der Waals surface area contributed by atoms with Crippen molar-refractivity contribution >= 4 is 17.0 Å². The van der Waals surface area contributed by atoms with Crippen LogP contribution in [-0.4, -0.2) is 27.8 Å². The van der Waals surface area contributed by atoms with Crippen LogP contribution in [0.25, 0.3) is 16.7 Å². The number of methoxy groups -OCH3 is 1. The van der Waals surface area contributed by atoms with Gasteiger partial charge in [-0.2, -0.15) is 0 Å². The van der Waals surface area contributed by atoms with Gasteiger partial charge in [-0.25, -0.2) is 4.68 Å². The van der Waals surface area contributed by atoms with Crippen molar-refractivity contribution in [2.75, 3.05) is 7.11 Å². The molecule has 3 aromatic rings. The summed E-state index contributed by atoms with van der Waals surface area (Å²) in [7, 11) is 1.27. The van der Waals surface area contributed by atoms with Crippen LogP contribution >= 0.6 is 0 Å².